The van der Waals surface area contributed by atoms with Crippen molar-refractivity contribution in [2.75, 3.05) is 5.73 Å². The van der Waals surface area contributed by atoms with E-state index in [0.717, 1.165) is 15.6 Å². The van der Waals surface area contributed by atoms with Crippen molar-refractivity contribution in [3.63, 3.8) is 0 Å². The van der Waals surface area contributed by atoms with E-state index in [0.29, 0.717) is 5.69 Å². The third kappa shape index (κ3) is 0.865. The number of nitrogens with two attached hydrogens (primary N) is 1. The van der Waals surface area contributed by atoms with E-state index in [1.807, 2.05) is 18.4 Å². The molecule has 2 rings (SSSR count). The number of phenolic OH excluding ortho intramolecular Hbond substituents is 1. The lowest BCUT2D eigenvalue weighted by Gasteiger charge is -2.02. The maximum absolute atomic E-state index is 9.55. The van der Waals surface area contributed by atoms with Gasteiger partial charge in [-0.1, -0.05) is 0 Å². The Bertz CT molecular complexity index is 433. The summed E-state index contributed by atoms with van der Waals surface area (Å²) in [6.45, 7) is 1.99. The summed E-state index contributed by atoms with van der Waals surface area (Å²) < 4.78 is 1.11. The van der Waals surface area contributed by atoms with Crippen LogP contribution in [0.25, 0.3) is 10.1 Å². The number of anilines is 1. The number of nitrogen functional groups attached to an aromatic ring is 1. The summed E-state index contributed by atoms with van der Waals surface area (Å²) in [6.07, 6.45) is 0. The average Bonchev–Trinajstić information content (AvgIpc) is 2.48. The van der Waals surface area contributed by atoms with Gasteiger partial charge in [0, 0.05) is 10.1 Å². The highest BCUT2D eigenvalue weighted by molar-refractivity contribution is 7.17. The number of hydrogen-bond acceptors (Lipinski definition) is 3. The zero-order valence-corrected chi connectivity index (χ0v) is 7.48. The van der Waals surface area contributed by atoms with E-state index in [1.54, 1.807) is 17.4 Å². The standard InChI is InChI=1S/C9H9NOS/c1-5-4-7(10)8(11)6-2-3-12-9(5)6/h2-4,11H,10H2,1H3. The number of aromatic hydroxyl groups is 1. The van der Waals surface area contributed by atoms with E-state index in [4.69, 9.17) is 5.73 Å². The van der Waals surface area contributed by atoms with Crippen LogP contribution < -0.4 is 5.73 Å². The third-order valence-electron chi connectivity index (χ3n) is 1.92. The molecule has 0 atom stereocenters. The second kappa shape index (κ2) is 2.38. The summed E-state index contributed by atoms with van der Waals surface area (Å²) in [6, 6.07) is 3.69. The molecule has 0 fully saturated rings. The van der Waals surface area contributed by atoms with Crippen LogP contribution in [0.2, 0.25) is 0 Å². The van der Waals surface area contributed by atoms with Crippen molar-refractivity contribution >= 4 is 27.1 Å². The Kier molecular flexibility index (Phi) is 1.48. The van der Waals surface area contributed by atoms with Crippen LogP contribution in [-0.4, -0.2) is 5.11 Å². The molecule has 1 heterocycles. The fraction of sp³-hybridized carbons (Fsp3) is 0.111. The number of benzene rings is 1. The van der Waals surface area contributed by atoms with Crippen LogP contribution >= 0.6 is 11.3 Å². The minimum Gasteiger partial charge on any atom is -0.505 e. The molecule has 0 unspecified atom stereocenters. The van der Waals surface area contributed by atoms with Crippen LogP contribution in [-0.2, 0) is 0 Å². The number of aryl methyl sites for hydroxylation is 1. The first-order chi connectivity index (χ1) is 5.70. The molecule has 0 aliphatic rings. The minimum absolute atomic E-state index is 0.205. The summed E-state index contributed by atoms with van der Waals surface area (Å²) >= 11 is 1.62. The van der Waals surface area contributed by atoms with Gasteiger partial charge in [0.1, 0.15) is 5.75 Å². The maximum atomic E-state index is 9.55. The molecule has 0 aliphatic carbocycles. The molecule has 0 spiro atoms. The Balaban J connectivity index is 2.97. The zero-order chi connectivity index (χ0) is 8.72. The lowest BCUT2D eigenvalue weighted by molar-refractivity contribution is 0.484. The number of thiophene rings is 1. The van der Waals surface area contributed by atoms with Gasteiger partial charge in [-0.25, -0.2) is 0 Å². The largest absolute Gasteiger partial charge is 0.505 e. The Labute approximate surface area is 74.3 Å². The molecular formula is C9H9NOS. The highest BCUT2D eigenvalue weighted by atomic mass is 32.1. The number of rotatable bonds is 0. The predicted molar refractivity (Wildman–Crippen MR) is 52.6 cm³/mol. The van der Waals surface area contributed by atoms with Crippen molar-refractivity contribution in [3.05, 3.63) is 23.1 Å². The monoisotopic (exact) mass is 179 g/mol. The summed E-state index contributed by atoms with van der Waals surface area (Å²) in [5, 5.41) is 12.4. The number of fused-ring (bicyclic) bond motifs is 1. The van der Waals surface area contributed by atoms with Gasteiger partial charge in [0.2, 0.25) is 0 Å². The Morgan fingerprint density at radius 2 is 2.25 bits per heavy atom. The van der Waals surface area contributed by atoms with Crippen molar-refractivity contribution in [3.8, 4) is 5.75 Å². The summed E-state index contributed by atoms with van der Waals surface area (Å²) in [5.41, 5.74) is 7.18. The number of hydrogen-bond donors (Lipinski definition) is 2. The molecule has 62 valence electrons. The first-order valence-electron chi connectivity index (χ1n) is 3.65. The van der Waals surface area contributed by atoms with Crippen LogP contribution in [0.4, 0.5) is 5.69 Å². The Morgan fingerprint density at radius 3 is 3.00 bits per heavy atom. The van der Waals surface area contributed by atoms with Gasteiger partial charge in [-0.3, -0.25) is 0 Å². The second-order valence-corrected chi connectivity index (χ2v) is 3.71. The molecule has 2 nitrogen and oxygen atoms in total. The van der Waals surface area contributed by atoms with E-state index in [1.165, 1.54) is 0 Å². The molecule has 2 aromatic rings. The second-order valence-electron chi connectivity index (χ2n) is 2.79. The van der Waals surface area contributed by atoms with E-state index in [9.17, 15) is 5.11 Å². The van der Waals surface area contributed by atoms with Crippen LogP contribution in [0.1, 0.15) is 5.56 Å². The first kappa shape index (κ1) is 7.43. The fourth-order valence-electron chi connectivity index (χ4n) is 1.32. The van der Waals surface area contributed by atoms with Crippen LogP contribution in [0.3, 0.4) is 0 Å². The van der Waals surface area contributed by atoms with Gasteiger partial charge >= 0.3 is 0 Å². The minimum atomic E-state index is 0.205. The van der Waals surface area contributed by atoms with Gasteiger partial charge in [0.15, 0.2) is 0 Å². The van der Waals surface area contributed by atoms with Gasteiger partial charge in [0.05, 0.1) is 5.69 Å². The molecule has 3 N–H and O–H groups in total. The molecule has 0 bridgehead atoms. The van der Waals surface area contributed by atoms with E-state index in [-0.39, 0.29) is 5.75 Å². The van der Waals surface area contributed by atoms with Gasteiger partial charge in [-0.2, -0.15) is 0 Å². The molecule has 0 amide bonds. The molecule has 0 radical (unpaired) electrons. The maximum Gasteiger partial charge on any atom is 0.147 e. The molecule has 1 aromatic carbocycles. The van der Waals surface area contributed by atoms with Gasteiger partial charge in [0.25, 0.3) is 0 Å². The van der Waals surface area contributed by atoms with Gasteiger partial charge in [-0.05, 0) is 30.0 Å². The average molecular weight is 179 g/mol. The molecule has 0 saturated heterocycles. The normalized spacial score (nSPS) is 10.8. The van der Waals surface area contributed by atoms with Crippen LogP contribution in [0.15, 0.2) is 17.5 Å². The van der Waals surface area contributed by atoms with E-state index in [2.05, 4.69) is 0 Å². The zero-order valence-electron chi connectivity index (χ0n) is 6.66. The van der Waals surface area contributed by atoms with Crippen LogP contribution in [0.5, 0.6) is 5.75 Å². The summed E-state index contributed by atoms with van der Waals surface area (Å²) in [7, 11) is 0. The van der Waals surface area contributed by atoms with Gasteiger partial charge < -0.3 is 10.8 Å². The Morgan fingerprint density at radius 1 is 1.50 bits per heavy atom. The van der Waals surface area contributed by atoms with E-state index < -0.39 is 0 Å². The molecule has 0 aliphatic heterocycles. The Hall–Kier alpha value is -1.22. The SMILES string of the molecule is Cc1cc(N)c(O)c2ccsc12. The smallest absolute Gasteiger partial charge is 0.147 e. The van der Waals surface area contributed by atoms with E-state index >= 15 is 0 Å². The number of phenols is 1. The highest BCUT2D eigenvalue weighted by Crippen LogP contribution is 2.36. The lowest BCUT2D eigenvalue weighted by atomic mass is 10.1. The topological polar surface area (TPSA) is 46.2 Å². The van der Waals surface area contributed by atoms with Crippen molar-refractivity contribution < 1.29 is 5.11 Å². The molecule has 0 saturated carbocycles. The molecular weight excluding hydrogens is 170 g/mol. The van der Waals surface area contributed by atoms with Gasteiger partial charge in [-0.15, -0.1) is 11.3 Å². The quantitative estimate of drug-likeness (QED) is 0.482. The van der Waals surface area contributed by atoms with Crippen molar-refractivity contribution in [2.24, 2.45) is 0 Å². The molecule has 3 heteroatoms. The fourth-order valence-corrected chi connectivity index (χ4v) is 2.20. The van der Waals surface area contributed by atoms with Crippen molar-refractivity contribution in [2.45, 2.75) is 6.92 Å². The summed E-state index contributed by atoms with van der Waals surface area (Å²) in [4.78, 5) is 0. The molecule has 1 aromatic heterocycles. The van der Waals surface area contributed by atoms with Crippen LogP contribution in [0, 0.1) is 6.92 Å². The summed E-state index contributed by atoms with van der Waals surface area (Å²) in [5.74, 6) is 0.205. The highest BCUT2D eigenvalue weighted by Gasteiger charge is 2.06. The predicted octanol–water partition coefficient (Wildman–Crippen LogP) is 2.50. The lowest BCUT2D eigenvalue weighted by Crippen LogP contribution is -1.86. The third-order valence-corrected chi connectivity index (χ3v) is 2.97. The molecule has 12 heavy (non-hydrogen) atoms. The first-order valence-corrected chi connectivity index (χ1v) is 4.53. The van der Waals surface area contributed by atoms with Crippen molar-refractivity contribution in [1.82, 2.24) is 0 Å². The van der Waals surface area contributed by atoms with Crippen molar-refractivity contribution in [1.29, 1.82) is 0 Å².